The number of guanidine groups is 1. The van der Waals surface area contributed by atoms with E-state index in [0.29, 0.717) is 25.6 Å². The van der Waals surface area contributed by atoms with Crippen molar-refractivity contribution in [3.8, 4) is 0 Å². The van der Waals surface area contributed by atoms with E-state index in [-0.39, 0.29) is 35.8 Å². The summed E-state index contributed by atoms with van der Waals surface area (Å²) in [5, 5.41) is 19.1. The van der Waals surface area contributed by atoms with Crippen LogP contribution in [0.4, 0.5) is 0 Å². The predicted octanol–water partition coefficient (Wildman–Crippen LogP) is 2.29. The highest BCUT2D eigenvalue weighted by Crippen LogP contribution is 2.28. The third-order valence-electron chi connectivity index (χ3n) is 4.36. The zero-order valence-electron chi connectivity index (χ0n) is 18.0. The molecule has 1 aromatic heterocycles. The smallest absolute Gasteiger partial charge is 0.223 e. The van der Waals surface area contributed by atoms with Crippen LogP contribution in [0.5, 0.6) is 0 Å². The minimum atomic E-state index is 0. The molecule has 0 radical (unpaired) electrons. The summed E-state index contributed by atoms with van der Waals surface area (Å²) < 4.78 is 2.23. The number of nitrogens with zero attached hydrogens (tertiary/aromatic N) is 4. The van der Waals surface area contributed by atoms with E-state index in [0.717, 1.165) is 55.7 Å². The van der Waals surface area contributed by atoms with Crippen LogP contribution in [0.25, 0.3) is 0 Å². The van der Waals surface area contributed by atoms with Crippen molar-refractivity contribution in [2.45, 2.75) is 58.2 Å². The Balaban J connectivity index is 0.00000420. The average Bonchev–Trinajstić information content (AvgIpc) is 3.45. The molecule has 29 heavy (non-hydrogen) atoms. The second-order valence-corrected chi connectivity index (χ2v) is 8.24. The van der Waals surface area contributed by atoms with E-state index in [1.165, 1.54) is 0 Å². The van der Waals surface area contributed by atoms with Gasteiger partial charge < -0.3 is 20.5 Å². The van der Waals surface area contributed by atoms with Gasteiger partial charge in [-0.3, -0.25) is 9.79 Å². The highest BCUT2D eigenvalue weighted by molar-refractivity contribution is 14.0. The van der Waals surface area contributed by atoms with Gasteiger partial charge in [-0.1, -0.05) is 25.6 Å². The number of rotatable bonds is 12. The number of aliphatic imine (C=N–C) groups is 1. The summed E-state index contributed by atoms with van der Waals surface area (Å²) in [4.78, 5) is 16.3. The van der Waals surface area contributed by atoms with Gasteiger partial charge in [0.05, 0.1) is 0 Å². The lowest BCUT2D eigenvalue weighted by Gasteiger charge is -2.12. The predicted molar refractivity (Wildman–Crippen MR) is 130 cm³/mol. The van der Waals surface area contributed by atoms with Crippen LogP contribution in [0.15, 0.2) is 10.1 Å². The van der Waals surface area contributed by atoms with Crippen LogP contribution in [0.2, 0.25) is 0 Å². The van der Waals surface area contributed by atoms with E-state index < -0.39 is 0 Å². The summed E-state index contributed by atoms with van der Waals surface area (Å²) in [6, 6.07) is 0. The molecule has 1 saturated carbocycles. The van der Waals surface area contributed by atoms with E-state index in [4.69, 9.17) is 0 Å². The number of amides is 1. The van der Waals surface area contributed by atoms with Gasteiger partial charge in [0.25, 0.3) is 0 Å². The van der Waals surface area contributed by atoms with Crippen LogP contribution >= 0.6 is 35.7 Å². The van der Waals surface area contributed by atoms with Crippen LogP contribution in [-0.2, 0) is 17.8 Å². The number of thioether (sulfide) groups is 1. The molecule has 0 aromatic carbocycles. The standard InChI is InChI=1S/C19H35N7OS.HI/c1-5-20-18(23-12-11-21-17(27)15-8-9-15)22-10-6-7-16-24-25-19(28-4)26(16)13-14(2)3;/h14-15H,5-13H2,1-4H3,(H,21,27)(H2,20,22,23);1H. The lowest BCUT2D eigenvalue weighted by molar-refractivity contribution is -0.122. The Hall–Kier alpha value is -1.04. The molecule has 1 heterocycles. The topological polar surface area (TPSA) is 96.2 Å². The number of carbonyl (C=O) groups excluding carboxylic acids is 1. The van der Waals surface area contributed by atoms with E-state index in [1.54, 1.807) is 11.8 Å². The quantitative estimate of drug-likeness (QED) is 0.125. The normalized spacial score (nSPS) is 13.9. The summed E-state index contributed by atoms with van der Waals surface area (Å²) in [5.74, 6) is 2.82. The Bertz CT molecular complexity index is 647. The summed E-state index contributed by atoms with van der Waals surface area (Å²) >= 11 is 1.64. The molecule has 0 bridgehead atoms. The summed E-state index contributed by atoms with van der Waals surface area (Å²) in [6.45, 7) is 10.2. The van der Waals surface area contributed by atoms with Crippen LogP contribution in [0, 0.1) is 11.8 Å². The summed E-state index contributed by atoms with van der Waals surface area (Å²) in [7, 11) is 0. The first-order valence-electron chi connectivity index (χ1n) is 10.3. The molecule has 0 atom stereocenters. The van der Waals surface area contributed by atoms with Crippen LogP contribution in [-0.4, -0.2) is 59.1 Å². The van der Waals surface area contributed by atoms with Crippen LogP contribution in [0.1, 0.15) is 45.9 Å². The highest BCUT2D eigenvalue weighted by Gasteiger charge is 2.28. The van der Waals surface area contributed by atoms with Crippen molar-refractivity contribution in [2.24, 2.45) is 16.8 Å². The molecule has 0 spiro atoms. The fraction of sp³-hybridized carbons (Fsp3) is 0.789. The number of carbonyl (C=O) groups is 1. The van der Waals surface area contributed by atoms with Crippen molar-refractivity contribution < 1.29 is 4.79 Å². The van der Waals surface area contributed by atoms with Crippen molar-refractivity contribution in [2.75, 3.05) is 32.4 Å². The Morgan fingerprint density at radius 1 is 1.24 bits per heavy atom. The van der Waals surface area contributed by atoms with Crippen molar-refractivity contribution in [3.05, 3.63) is 5.82 Å². The Morgan fingerprint density at radius 2 is 1.97 bits per heavy atom. The Morgan fingerprint density at radius 3 is 2.59 bits per heavy atom. The molecule has 10 heteroatoms. The van der Waals surface area contributed by atoms with Gasteiger partial charge in [-0.2, -0.15) is 0 Å². The number of aryl methyl sites for hydroxylation is 1. The number of nitrogens with one attached hydrogen (secondary N) is 3. The molecule has 1 amide bonds. The molecular weight excluding hydrogens is 501 g/mol. The summed E-state index contributed by atoms with van der Waals surface area (Å²) in [6.07, 6.45) is 5.88. The first kappa shape index (κ1) is 26.0. The average molecular weight is 538 g/mol. The molecule has 1 aromatic rings. The SMILES string of the molecule is CCNC(=NCCCc1nnc(SC)n1CC(C)C)NCCNC(=O)C1CC1.I. The number of hydrogen-bond donors (Lipinski definition) is 3. The first-order valence-corrected chi connectivity index (χ1v) is 11.5. The Labute approximate surface area is 195 Å². The van der Waals surface area contributed by atoms with Gasteiger partial charge in [0, 0.05) is 45.1 Å². The first-order chi connectivity index (χ1) is 13.5. The third kappa shape index (κ3) is 9.54. The Kier molecular flexibility index (Phi) is 12.6. The molecular formula is C19H36IN7OS. The van der Waals surface area contributed by atoms with Gasteiger partial charge in [-0.15, -0.1) is 34.2 Å². The molecule has 8 nitrogen and oxygen atoms in total. The van der Waals surface area contributed by atoms with E-state index in [2.05, 4.69) is 49.6 Å². The summed E-state index contributed by atoms with van der Waals surface area (Å²) in [5.41, 5.74) is 0. The minimum Gasteiger partial charge on any atom is -0.357 e. The fourth-order valence-corrected chi connectivity index (χ4v) is 3.35. The molecule has 0 unspecified atom stereocenters. The van der Waals surface area contributed by atoms with Crippen molar-refractivity contribution in [1.29, 1.82) is 0 Å². The maximum Gasteiger partial charge on any atom is 0.223 e. The minimum absolute atomic E-state index is 0. The zero-order chi connectivity index (χ0) is 20.4. The molecule has 0 aliphatic heterocycles. The second kappa shape index (κ2) is 14.1. The number of aromatic nitrogens is 3. The molecule has 2 rings (SSSR count). The molecule has 1 aliphatic rings. The molecule has 0 saturated heterocycles. The highest BCUT2D eigenvalue weighted by atomic mass is 127. The van der Waals surface area contributed by atoms with Gasteiger partial charge in [-0.25, -0.2) is 0 Å². The molecule has 1 aliphatic carbocycles. The van der Waals surface area contributed by atoms with Gasteiger partial charge >= 0.3 is 0 Å². The zero-order valence-corrected chi connectivity index (χ0v) is 21.2. The van der Waals surface area contributed by atoms with Crippen LogP contribution < -0.4 is 16.0 Å². The van der Waals surface area contributed by atoms with Crippen molar-refractivity contribution >= 4 is 47.6 Å². The largest absolute Gasteiger partial charge is 0.357 e. The van der Waals surface area contributed by atoms with Crippen molar-refractivity contribution in [1.82, 2.24) is 30.7 Å². The maximum absolute atomic E-state index is 11.6. The van der Waals surface area contributed by atoms with E-state index in [9.17, 15) is 4.79 Å². The van der Waals surface area contributed by atoms with Crippen LogP contribution in [0.3, 0.4) is 0 Å². The fourth-order valence-electron chi connectivity index (χ4n) is 2.83. The molecule has 3 N–H and O–H groups in total. The third-order valence-corrected chi connectivity index (χ3v) is 5.03. The van der Waals surface area contributed by atoms with Gasteiger partial charge in [-0.05, 0) is 38.4 Å². The van der Waals surface area contributed by atoms with Crippen molar-refractivity contribution in [3.63, 3.8) is 0 Å². The maximum atomic E-state index is 11.6. The monoisotopic (exact) mass is 537 g/mol. The lowest BCUT2D eigenvalue weighted by atomic mass is 10.2. The second-order valence-electron chi connectivity index (χ2n) is 7.46. The van der Waals surface area contributed by atoms with E-state index >= 15 is 0 Å². The number of hydrogen-bond acceptors (Lipinski definition) is 5. The lowest BCUT2D eigenvalue weighted by Crippen LogP contribution is -2.41. The number of halogens is 1. The van der Waals surface area contributed by atoms with E-state index in [1.807, 2.05) is 13.2 Å². The molecule has 1 fully saturated rings. The van der Waals surface area contributed by atoms with Gasteiger partial charge in [0.1, 0.15) is 5.82 Å². The van der Waals surface area contributed by atoms with Gasteiger partial charge in [0.15, 0.2) is 11.1 Å². The molecule has 166 valence electrons. The van der Waals surface area contributed by atoms with Gasteiger partial charge in [0.2, 0.25) is 5.91 Å².